The Morgan fingerprint density at radius 2 is 2.08 bits per heavy atom. The van der Waals surface area contributed by atoms with Gasteiger partial charge in [0.2, 0.25) is 5.91 Å². The lowest BCUT2D eigenvalue weighted by Crippen LogP contribution is -2.49. The van der Waals surface area contributed by atoms with E-state index in [0.29, 0.717) is 12.0 Å². The molecule has 2 aromatic rings. The molecule has 2 atom stereocenters. The van der Waals surface area contributed by atoms with Crippen LogP contribution < -0.4 is 5.32 Å². The quantitative estimate of drug-likeness (QED) is 0.881. The molecule has 2 fully saturated rings. The lowest BCUT2D eigenvalue weighted by atomic mass is 9.96. The molecule has 1 saturated carbocycles. The molecule has 5 heteroatoms. The van der Waals surface area contributed by atoms with E-state index in [-0.39, 0.29) is 11.9 Å². The minimum Gasteiger partial charge on any atom is -0.352 e. The topological polar surface area (TPSA) is 61.0 Å². The van der Waals surface area contributed by atoms with Crippen molar-refractivity contribution in [2.45, 2.75) is 50.6 Å². The highest BCUT2D eigenvalue weighted by atomic mass is 16.2. The lowest BCUT2D eigenvalue weighted by Gasteiger charge is -2.35. The fraction of sp³-hybridized carbons (Fsp3) is 0.500. The van der Waals surface area contributed by atoms with Gasteiger partial charge in [0, 0.05) is 18.5 Å². The van der Waals surface area contributed by atoms with Crippen LogP contribution in [0.4, 0.5) is 0 Å². The Hall–Kier alpha value is -2.14. The smallest absolute Gasteiger partial charge is 0.237 e. The van der Waals surface area contributed by atoms with E-state index in [0.717, 1.165) is 55.9 Å². The van der Waals surface area contributed by atoms with Gasteiger partial charge < -0.3 is 10.3 Å². The second-order valence-electron chi connectivity index (χ2n) is 7.34. The van der Waals surface area contributed by atoms with Gasteiger partial charge in [0.15, 0.2) is 0 Å². The van der Waals surface area contributed by atoms with Crippen LogP contribution >= 0.6 is 0 Å². The molecule has 132 valence electrons. The minimum absolute atomic E-state index is 0.0630. The van der Waals surface area contributed by atoms with Crippen molar-refractivity contribution in [3.63, 3.8) is 0 Å². The van der Waals surface area contributed by atoms with E-state index in [9.17, 15) is 4.79 Å². The molecule has 0 radical (unpaired) electrons. The Morgan fingerprint density at radius 1 is 1.28 bits per heavy atom. The van der Waals surface area contributed by atoms with Crippen LogP contribution in [-0.4, -0.2) is 45.9 Å². The zero-order chi connectivity index (χ0) is 17.2. The fourth-order valence-corrected chi connectivity index (χ4v) is 3.61. The summed E-state index contributed by atoms with van der Waals surface area (Å²) in [5.74, 6) is 1.58. The number of imidazole rings is 1. The van der Waals surface area contributed by atoms with E-state index < -0.39 is 0 Å². The average molecular weight is 338 g/mol. The van der Waals surface area contributed by atoms with E-state index in [4.69, 9.17) is 0 Å². The van der Waals surface area contributed by atoms with Crippen molar-refractivity contribution >= 4 is 5.91 Å². The molecule has 0 unspecified atom stereocenters. The van der Waals surface area contributed by atoms with Gasteiger partial charge in [0.1, 0.15) is 5.82 Å². The normalized spacial score (nSPS) is 22.5. The summed E-state index contributed by atoms with van der Waals surface area (Å²) in [6.45, 7) is 3.90. The monoisotopic (exact) mass is 338 g/mol. The highest BCUT2D eigenvalue weighted by Gasteiger charge is 2.32. The van der Waals surface area contributed by atoms with E-state index >= 15 is 0 Å². The van der Waals surface area contributed by atoms with Crippen LogP contribution in [0.1, 0.15) is 44.3 Å². The maximum absolute atomic E-state index is 12.3. The molecule has 1 aliphatic heterocycles. The van der Waals surface area contributed by atoms with Crippen molar-refractivity contribution in [3.8, 4) is 11.3 Å². The molecule has 1 aliphatic carbocycles. The lowest BCUT2D eigenvalue weighted by molar-refractivity contribution is -0.126. The number of amides is 1. The van der Waals surface area contributed by atoms with Gasteiger partial charge in [0.05, 0.1) is 17.9 Å². The number of piperidine rings is 1. The molecule has 0 bridgehead atoms. The van der Waals surface area contributed by atoms with Crippen molar-refractivity contribution in [2.75, 3.05) is 13.1 Å². The van der Waals surface area contributed by atoms with Crippen molar-refractivity contribution in [1.29, 1.82) is 0 Å². The summed E-state index contributed by atoms with van der Waals surface area (Å²) < 4.78 is 0. The van der Waals surface area contributed by atoms with Gasteiger partial charge in [-0.05, 0) is 44.7 Å². The Morgan fingerprint density at radius 3 is 2.84 bits per heavy atom. The molecule has 25 heavy (non-hydrogen) atoms. The van der Waals surface area contributed by atoms with Gasteiger partial charge >= 0.3 is 0 Å². The number of nitrogens with zero attached hydrogens (tertiary/aromatic N) is 2. The summed E-state index contributed by atoms with van der Waals surface area (Å²) in [6.07, 6.45) is 6.42. The number of aromatic amines is 1. The number of nitrogens with one attached hydrogen (secondary N) is 2. The van der Waals surface area contributed by atoms with Crippen LogP contribution in [0.2, 0.25) is 0 Å². The predicted octanol–water partition coefficient (Wildman–Crippen LogP) is 2.92. The number of hydrogen-bond donors (Lipinski definition) is 2. The first-order chi connectivity index (χ1) is 12.2. The fourth-order valence-electron chi connectivity index (χ4n) is 3.61. The molecule has 4 rings (SSSR count). The number of benzene rings is 1. The summed E-state index contributed by atoms with van der Waals surface area (Å²) in [4.78, 5) is 22.8. The Balaban J connectivity index is 1.42. The van der Waals surface area contributed by atoms with E-state index in [1.165, 1.54) is 0 Å². The second kappa shape index (κ2) is 7.00. The molecule has 2 N–H and O–H groups in total. The van der Waals surface area contributed by atoms with Gasteiger partial charge in [0.25, 0.3) is 0 Å². The van der Waals surface area contributed by atoms with Crippen LogP contribution in [0.25, 0.3) is 11.3 Å². The maximum atomic E-state index is 12.3. The van der Waals surface area contributed by atoms with Gasteiger partial charge in [-0.25, -0.2) is 4.98 Å². The molecular weight excluding hydrogens is 312 g/mol. The SMILES string of the molecule is C[C@@H](C(=O)NC1CC1)N1CCC[C@H](c2ncc(-c3ccccc3)[nH]2)C1. The number of H-pyrrole nitrogens is 1. The standard InChI is InChI=1S/C20H26N4O/c1-14(20(25)22-17-9-10-17)24-11-5-8-16(13-24)19-21-12-18(23-19)15-6-3-2-4-7-15/h2-4,6-7,12,14,16-17H,5,8-11,13H2,1H3,(H,21,23)(H,22,25)/t14-,16-/m0/s1. The number of carbonyl (C=O) groups is 1. The van der Waals surface area contributed by atoms with Crippen molar-refractivity contribution in [2.24, 2.45) is 0 Å². The van der Waals surface area contributed by atoms with E-state index in [2.05, 4.69) is 32.3 Å². The van der Waals surface area contributed by atoms with Crippen LogP contribution in [0.15, 0.2) is 36.5 Å². The molecule has 1 saturated heterocycles. The maximum Gasteiger partial charge on any atom is 0.237 e. The van der Waals surface area contributed by atoms with Gasteiger partial charge in [-0.1, -0.05) is 30.3 Å². The van der Waals surface area contributed by atoms with Gasteiger partial charge in [-0.15, -0.1) is 0 Å². The molecule has 2 heterocycles. The van der Waals surface area contributed by atoms with Crippen molar-refractivity contribution in [1.82, 2.24) is 20.2 Å². The van der Waals surface area contributed by atoms with Crippen molar-refractivity contribution < 1.29 is 4.79 Å². The third-order valence-electron chi connectivity index (χ3n) is 5.37. The molecule has 1 aromatic carbocycles. The third-order valence-corrected chi connectivity index (χ3v) is 5.37. The van der Waals surface area contributed by atoms with Crippen LogP contribution in [0.5, 0.6) is 0 Å². The zero-order valence-corrected chi connectivity index (χ0v) is 14.7. The molecule has 2 aliphatic rings. The van der Waals surface area contributed by atoms with E-state index in [1.54, 1.807) is 0 Å². The number of carbonyl (C=O) groups excluding carboxylic acids is 1. The van der Waals surface area contributed by atoms with Crippen LogP contribution in [0, 0.1) is 0 Å². The Bertz CT molecular complexity index is 722. The Kier molecular flexibility index (Phi) is 4.57. The number of aromatic nitrogens is 2. The highest BCUT2D eigenvalue weighted by molar-refractivity contribution is 5.81. The molecule has 5 nitrogen and oxygen atoms in total. The molecule has 1 aromatic heterocycles. The highest BCUT2D eigenvalue weighted by Crippen LogP contribution is 2.28. The zero-order valence-electron chi connectivity index (χ0n) is 14.7. The largest absolute Gasteiger partial charge is 0.352 e. The van der Waals surface area contributed by atoms with Crippen molar-refractivity contribution in [3.05, 3.63) is 42.4 Å². The number of hydrogen-bond acceptors (Lipinski definition) is 3. The summed E-state index contributed by atoms with van der Waals surface area (Å²) in [5, 5.41) is 3.13. The summed E-state index contributed by atoms with van der Waals surface area (Å²) in [5.41, 5.74) is 2.22. The summed E-state index contributed by atoms with van der Waals surface area (Å²) in [7, 11) is 0. The second-order valence-corrected chi connectivity index (χ2v) is 7.34. The number of rotatable bonds is 5. The average Bonchev–Trinajstić information content (AvgIpc) is 3.33. The first-order valence-corrected chi connectivity index (χ1v) is 9.35. The minimum atomic E-state index is -0.0630. The van der Waals surface area contributed by atoms with Crippen LogP contribution in [-0.2, 0) is 4.79 Å². The van der Waals surface area contributed by atoms with Gasteiger partial charge in [-0.2, -0.15) is 0 Å². The van der Waals surface area contributed by atoms with Gasteiger partial charge in [-0.3, -0.25) is 9.69 Å². The summed E-state index contributed by atoms with van der Waals surface area (Å²) >= 11 is 0. The first-order valence-electron chi connectivity index (χ1n) is 9.35. The third kappa shape index (κ3) is 3.76. The molecule has 0 spiro atoms. The molecule has 1 amide bonds. The molecular formula is C20H26N4O. The van der Waals surface area contributed by atoms with E-state index in [1.807, 2.05) is 31.3 Å². The predicted molar refractivity (Wildman–Crippen MR) is 98.2 cm³/mol. The first kappa shape index (κ1) is 16.3. The Labute approximate surface area is 148 Å². The van der Waals surface area contributed by atoms with Crippen LogP contribution in [0.3, 0.4) is 0 Å². The summed E-state index contributed by atoms with van der Waals surface area (Å²) in [6, 6.07) is 10.6. The number of likely N-dealkylation sites (tertiary alicyclic amines) is 1.